The second kappa shape index (κ2) is 1.20. The van der Waals surface area contributed by atoms with Gasteiger partial charge in [-0.2, -0.15) is 0 Å². The highest BCUT2D eigenvalue weighted by molar-refractivity contribution is 4.75. The van der Waals surface area contributed by atoms with Crippen LogP contribution in [0.3, 0.4) is 0 Å². The first-order chi connectivity index (χ1) is 3.47. The second-order valence-electron chi connectivity index (χ2n) is 2.26. The Kier molecular flexibility index (Phi) is 0.664. The van der Waals surface area contributed by atoms with E-state index in [1.165, 1.54) is 32.6 Å². The molecule has 2 heteroatoms. The third-order valence-corrected chi connectivity index (χ3v) is 1.85. The summed E-state index contributed by atoms with van der Waals surface area (Å²) in [5, 5.41) is 4.83. The molecule has 2 heterocycles. The van der Waals surface area contributed by atoms with Gasteiger partial charge >= 0.3 is 0 Å². The molecule has 0 aromatic rings. The predicted octanol–water partition coefficient (Wildman–Crippen LogP) is -0.0773. The van der Waals surface area contributed by atoms with Crippen molar-refractivity contribution >= 4 is 0 Å². The van der Waals surface area contributed by atoms with Crippen LogP contribution >= 0.6 is 0 Å². The molecule has 2 saturated heterocycles. The van der Waals surface area contributed by atoms with Crippen LogP contribution in [0, 0.1) is 0 Å². The van der Waals surface area contributed by atoms with E-state index in [1.807, 2.05) is 0 Å². The van der Waals surface area contributed by atoms with Crippen LogP contribution in [-0.4, -0.2) is 36.2 Å². The molecule has 7 heavy (non-hydrogen) atoms. The van der Waals surface area contributed by atoms with Gasteiger partial charge in [0.05, 0.1) is 0 Å². The van der Waals surface area contributed by atoms with E-state index < -0.39 is 0 Å². The first kappa shape index (κ1) is 3.87. The molecule has 0 aromatic carbocycles. The Bertz CT molecular complexity index is 72.1. The fraction of sp³-hybridized carbons (Fsp3) is 1.00. The largest absolute Gasteiger partial charge is 0.240 e. The Morgan fingerprint density at radius 1 is 0.714 bits per heavy atom. The van der Waals surface area contributed by atoms with Crippen LogP contribution in [0.5, 0.6) is 0 Å². The van der Waals surface area contributed by atoms with E-state index in [1.54, 1.807) is 0 Å². The van der Waals surface area contributed by atoms with Gasteiger partial charge in [0.15, 0.2) is 0 Å². The minimum absolute atomic E-state index is 1.32. The zero-order valence-electron chi connectivity index (χ0n) is 4.43. The highest BCUT2D eigenvalue weighted by atomic mass is 15.7. The molecule has 0 N–H and O–H groups in total. The van der Waals surface area contributed by atoms with Gasteiger partial charge in [-0.25, -0.2) is 10.0 Å². The summed E-state index contributed by atoms with van der Waals surface area (Å²) in [6.07, 6.45) is 1.39. The van der Waals surface area contributed by atoms with Crippen molar-refractivity contribution in [3.8, 4) is 0 Å². The highest BCUT2D eigenvalue weighted by Crippen LogP contribution is 2.16. The lowest BCUT2D eigenvalue weighted by atomic mass is 10.5. The van der Waals surface area contributed by atoms with Crippen LogP contribution in [-0.2, 0) is 0 Å². The number of nitrogens with zero attached hydrogens (tertiary/aromatic N) is 2. The number of rotatable bonds is 0. The molecular weight excluding hydrogens is 88.1 g/mol. The lowest BCUT2D eigenvalue weighted by molar-refractivity contribution is -0.0645. The third kappa shape index (κ3) is 0.409. The Labute approximate surface area is 43.7 Å². The van der Waals surface area contributed by atoms with Gasteiger partial charge in [0.2, 0.25) is 0 Å². The van der Waals surface area contributed by atoms with Crippen molar-refractivity contribution in [2.75, 3.05) is 26.2 Å². The minimum atomic E-state index is 1.32. The first-order valence-electron chi connectivity index (χ1n) is 2.96. The predicted molar refractivity (Wildman–Crippen MR) is 27.8 cm³/mol. The van der Waals surface area contributed by atoms with Gasteiger partial charge in [-0.3, -0.25) is 0 Å². The van der Waals surface area contributed by atoms with E-state index >= 15 is 0 Å². The molecule has 2 aliphatic rings. The number of hydrogen-bond acceptors (Lipinski definition) is 2. The van der Waals surface area contributed by atoms with Crippen molar-refractivity contribution in [1.29, 1.82) is 0 Å². The zero-order valence-corrected chi connectivity index (χ0v) is 4.43. The molecular formula is C5H10N2. The van der Waals surface area contributed by atoms with Crippen LogP contribution in [0.1, 0.15) is 6.42 Å². The van der Waals surface area contributed by atoms with Crippen LogP contribution in [0.15, 0.2) is 0 Å². The van der Waals surface area contributed by atoms with Gasteiger partial charge in [-0.15, -0.1) is 0 Å². The van der Waals surface area contributed by atoms with Crippen LogP contribution in [0.4, 0.5) is 0 Å². The molecule has 0 saturated carbocycles. The van der Waals surface area contributed by atoms with Gasteiger partial charge in [0, 0.05) is 26.2 Å². The van der Waals surface area contributed by atoms with Crippen molar-refractivity contribution in [2.45, 2.75) is 6.42 Å². The molecule has 0 spiro atoms. The van der Waals surface area contributed by atoms with Gasteiger partial charge in [-0.05, 0) is 6.42 Å². The molecule has 2 rings (SSSR count). The summed E-state index contributed by atoms with van der Waals surface area (Å²) in [4.78, 5) is 0. The van der Waals surface area contributed by atoms with Crippen molar-refractivity contribution in [2.24, 2.45) is 0 Å². The summed E-state index contributed by atoms with van der Waals surface area (Å²) in [5.41, 5.74) is 0. The molecule has 0 unspecified atom stereocenters. The Hall–Kier alpha value is -0.0800. The summed E-state index contributed by atoms with van der Waals surface area (Å²) in [6, 6.07) is 0. The van der Waals surface area contributed by atoms with Crippen molar-refractivity contribution in [3.63, 3.8) is 0 Å². The summed E-state index contributed by atoms with van der Waals surface area (Å²) in [7, 11) is 0. The van der Waals surface area contributed by atoms with E-state index in [9.17, 15) is 0 Å². The summed E-state index contributed by atoms with van der Waals surface area (Å²) >= 11 is 0. The minimum Gasteiger partial charge on any atom is -0.240 e. The first-order valence-corrected chi connectivity index (χ1v) is 2.96. The second-order valence-corrected chi connectivity index (χ2v) is 2.26. The standard InChI is InChI=1S/C5H10N2/c1-2-6-4-5-7(6)3-1/h1-5H2. The lowest BCUT2D eigenvalue weighted by Crippen LogP contribution is -2.51. The highest BCUT2D eigenvalue weighted by Gasteiger charge is 2.28. The molecule has 0 bridgehead atoms. The topological polar surface area (TPSA) is 6.48 Å². The monoisotopic (exact) mass is 98.1 g/mol. The average Bonchev–Trinajstić information content (AvgIpc) is 1.85. The maximum absolute atomic E-state index is 2.42. The third-order valence-electron chi connectivity index (χ3n) is 1.85. The molecule has 2 fully saturated rings. The van der Waals surface area contributed by atoms with Crippen LogP contribution < -0.4 is 0 Å². The molecule has 0 radical (unpaired) electrons. The van der Waals surface area contributed by atoms with Gasteiger partial charge in [-0.1, -0.05) is 0 Å². The Balaban J connectivity index is 2.03. The summed E-state index contributed by atoms with van der Waals surface area (Å²) in [6.45, 7) is 5.28. The van der Waals surface area contributed by atoms with E-state index in [0.29, 0.717) is 0 Å². The number of hydrogen-bond donors (Lipinski definition) is 0. The quantitative estimate of drug-likeness (QED) is 0.418. The van der Waals surface area contributed by atoms with Gasteiger partial charge < -0.3 is 0 Å². The van der Waals surface area contributed by atoms with Crippen LogP contribution in [0.2, 0.25) is 0 Å². The maximum Gasteiger partial charge on any atom is 0.0275 e. The molecule has 0 aliphatic carbocycles. The van der Waals surface area contributed by atoms with Crippen LogP contribution in [0.25, 0.3) is 0 Å². The van der Waals surface area contributed by atoms with Crippen molar-refractivity contribution in [1.82, 2.24) is 10.0 Å². The van der Waals surface area contributed by atoms with E-state index in [-0.39, 0.29) is 0 Å². The Morgan fingerprint density at radius 2 is 1.29 bits per heavy atom. The van der Waals surface area contributed by atoms with E-state index in [0.717, 1.165) is 0 Å². The molecule has 2 nitrogen and oxygen atoms in total. The van der Waals surface area contributed by atoms with Crippen molar-refractivity contribution in [3.05, 3.63) is 0 Å². The molecule has 0 aromatic heterocycles. The molecule has 2 aliphatic heterocycles. The normalized spacial score (nSPS) is 32.6. The zero-order chi connectivity index (χ0) is 4.69. The maximum atomic E-state index is 2.42. The fourth-order valence-electron chi connectivity index (χ4n) is 1.33. The molecule has 0 atom stereocenters. The van der Waals surface area contributed by atoms with E-state index in [4.69, 9.17) is 0 Å². The van der Waals surface area contributed by atoms with Gasteiger partial charge in [0.1, 0.15) is 0 Å². The Morgan fingerprint density at radius 3 is 1.57 bits per heavy atom. The smallest absolute Gasteiger partial charge is 0.0275 e. The summed E-state index contributed by atoms with van der Waals surface area (Å²) < 4.78 is 0. The average molecular weight is 98.1 g/mol. The lowest BCUT2D eigenvalue weighted by Gasteiger charge is -2.37. The summed E-state index contributed by atoms with van der Waals surface area (Å²) in [5.74, 6) is 0. The number of fused-ring (bicyclic) bond motifs is 1. The molecule has 0 amide bonds. The van der Waals surface area contributed by atoms with E-state index in [2.05, 4.69) is 10.0 Å². The number of hydrazine groups is 1. The van der Waals surface area contributed by atoms with Crippen molar-refractivity contribution < 1.29 is 0 Å². The fourth-order valence-corrected chi connectivity index (χ4v) is 1.33. The molecule has 40 valence electrons. The van der Waals surface area contributed by atoms with Gasteiger partial charge in [0.25, 0.3) is 0 Å². The SMILES string of the molecule is C1CN2CCN2C1.